The van der Waals surface area contributed by atoms with Crippen LogP contribution in [0.4, 0.5) is 16.2 Å². The first-order valence-corrected chi connectivity index (χ1v) is 12.8. The van der Waals surface area contributed by atoms with E-state index in [1.165, 1.54) is 11.8 Å². The highest BCUT2D eigenvalue weighted by atomic mass is 32.2. The molecular weight excluding hydrogens is 482 g/mol. The Bertz CT molecular complexity index is 1350. The van der Waals surface area contributed by atoms with Gasteiger partial charge in [0.15, 0.2) is 0 Å². The first-order valence-electron chi connectivity index (χ1n) is 11.8. The fourth-order valence-electron chi connectivity index (χ4n) is 4.77. The Morgan fingerprint density at radius 3 is 3.08 bits per heavy atom. The van der Waals surface area contributed by atoms with Crippen molar-refractivity contribution in [1.82, 2.24) is 15.3 Å². The van der Waals surface area contributed by atoms with Crippen molar-refractivity contribution < 1.29 is 23.8 Å². The zero-order valence-corrected chi connectivity index (χ0v) is 20.5. The number of rotatable bonds is 7. The van der Waals surface area contributed by atoms with E-state index in [4.69, 9.17) is 14.2 Å². The monoisotopic (exact) mass is 507 g/mol. The Labute approximate surface area is 211 Å². The molecule has 2 N–H and O–H groups in total. The number of nitrogens with zero attached hydrogens (tertiary/aromatic N) is 3. The van der Waals surface area contributed by atoms with E-state index >= 15 is 0 Å². The summed E-state index contributed by atoms with van der Waals surface area (Å²) in [5.41, 5.74) is 4.11. The number of hydrogen-bond donors (Lipinski definition) is 2. The molecular formula is C25H25N5O5S. The van der Waals surface area contributed by atoms with Gasteiger partial charge in [-0.15, -0.1) is 11.8 Å². The quantitative estimate of drug-likeness (QED) is 0.465. The molecule has 3 aliphatic rings. The van der Waals surface area contributed by atoms with Crippen LogP contribution in [0.5, 0.6) is 11.6 Å². The topological polar surface area (TPSA) is 115 Å². The van der Waals surface area contributed by atoms with Crippen molar-refractivity contribution in [3.63, 3.8) is 0 Å². The van der Waals surface area contributed by atoms with Gasteiger partial charge in [0.25, 0.3) is 0 Å². The van der Waals surface area contributed by atoms with Crippen LogP contribution in [0.15, 0.2) is 41.4 Å². The first kappa shape index (κ1) is 22.9. The Balaban J connectivity index is 1.05. The number of carbonyl (C=O) groups is 2. The van der Waals surface area contributed by atoms with Crippen molar-refractivity contribution in [2.75, 3.05) is 49.3 Å². The van der Waals surface area contributed by atoms with Crippen molar-refractivity contribution in [1.29, 1.82) is 0 Å². The molecule has 0 radical (unpaired) electrons. The van der Waals surface area contributed by atoms with Crippen molar-refractivity contribution in [3.05, 3.63) is 42.1 Å². The first-order chi connectivity index (χ1) is 17.6. The number of ether oxygens (including phenoxy) is 3. The Kier molecular flexibility index (Phi) is 6.02. The Morgan fingerprint density at radius 2 is 2.19 bits per heavy atom. The van der Waals surface area contributed by atoms with Crippen LogP contribution in [0.25, 0.3) is 11.0 Å². The summed E-state index contributed by atoms with van der Waals surface area (Å²) >= 11 is 1.49. The van der Waals surface area contributed by atoms with Crippen LogP contribution >= 0.6 is 11.8 Å². The highest BCUT2D eigenvalue weighted by molar-refractivity contribution is 8.00. The normalized spacial score (nSPS) is 20.5. The van der Waals surface area contributed by atoms with E-state index in [0.29, 0.717) is 44.3 Å². The average molecular weight is 508 g/mol. The van der Waals surface area contributed by atoms with Crippen LogP contribution < -0.4 is 25.0 Å². The van der Waals surface area contributed by atoms with Crippen molar-refractivity contribution >= 4 is 46.2 Å². The van der Waals surface area contributed by atoms with E-state index in [2.05, 4.69) is 20.6 Å². The number of anilines is 2. The van der Waals surface area contributed by atoms with Gasteiger partial charge in [0.2, 0.25) is 11.8 Å². The molecule has 0 aliphatic carbocycles. The number of carbonyl (C=O) groups excluding carboxylic acids is 2. The second-order valence-electron chi connectivity index (χ2n) is 8.89. The van der Waals surface area contributed by atoms with E-state index < -0.39 is 0 Å². The summed E-state index contributed by atoms with van der Waals surface area (Å²) in [6.45, 7) is 2.42. The van der Waals surface area contributed by atoms with E-state index in [9.17, 15) is 9.59 Å². The predicted molar refractivity (Wildman–Crippen MR) is 135 cm³/mol. The van der Waals surface area contributed by atoms with Crippen LogP contribution in [0.2, 0.25) is 0 Å². The summed E-state index contributed by atoms with van der Waals surface area (Å²) < 4.78 is 16.8. The van der Waals surface area contributed by atoms with Crippen LogP contribution in [-0.2, 0) is 9.53 Å². The summed E-state index contributed by atoms with van der Waals surface area (Å²) in [7, 11) is 1.60. The second kappa shape index (κ2) is 9.47. The van der Waals surface area contributed by atoms with Crippen LogP contribution in [-0.4, -0.2) is 67.2 Å². The van der Waals surface area contributed by atoms with E-state index in [1.807, 2.05) is 24.3 Å². The van der Waals surface area contributed by atoms with Gasteiger partial charge in [0, 0.05) is 34.7 Å². The van der Waals surface area contributed by atoms with Gasteiger partial charge in [-0.05, 0) is 37.2 Å². The number of hydrogen-bond acceptors (Lipinski definition) is 9. The third kappa shape index (κ3) is 4.28. The van der Waals surface area contributed by atoms with Gasteiger partial charge in [-0.1, -0.05) is 0 Å². The number of amides is 2. The minimum atomic E-state index is -0.369. The lowest BCUT2D eigenvalue weighted by molar-refractivity contribution is -0.113. The van der Waals surface area contributed by atoms with Crippen molar-refractivity contribution in [2.45, 2.75) is 23.3 Å². The molecule has 0 bridgehead atoms. The predicted octanol–water partition coefficient (Wildman–Crippen LogP) is 3.16. The molecule has 6 rings (SSSR count). The lowest BCUT2D eigenvalue weighted by Gasteiger charge is -2.20. The summed E-state index contributed by atoms with van der Waals surface area (Å²) in [6.07, 6.45) is 1.85. The molecule has 10 nitrogen and oxygen atoms in total. The minimum Gasteiger partial charge on any atom is -0.491 e. The molecule has 1 fully saturated rings. The Hall–Kier alpha value is -3.57. The molecule has 5 heterocycles. The molecule has 11 heteroatoms. The largest absolute Gasteiger partial charge is 0.491 e. The molecule has 0 unspecified atom stereocenters. The smallest absolute Gasteiger partial charge is 0.414 e. The summed E-state index contributed by atoms with van der Waals surface area (Å²) in [5, 5.41) is 6.35. The van der Waals surface area contributed by atoms with Crippen molar-refractivity contribution in [3.8, 4) is 11.6 Å². The van der Waals surface area contributed by atoms with Gasteiger partial charge >= 0.3 is 6.09 Å². The van der Waals surface area contributed by atoms with Crippen LogP contribution in [0.1, 0.15) is 17.9 Å². The maximum atomic E-state index is 12.5. The van der Waals surface area contributed by atoms with Gasteiger partial charge < -0.3 is 24.8 Å². The number of fused-ring (bicyclic) bond motifs is 4. The van der Waals surface area contributed by atoms with E-state index in [1.54, 1.807) is 24.3 Å². The lowest BCUT2D eigenvalue weighted by atomic mass is 10.00. The van der Waals surface area contributed by atoms with Gasteiger partial charge in [-0.3, -0.25) is 14.7 Å². The highest BCUT2D eigenvalue weighted by Gasteiger charge is 2.33. The minimum absolute atomic E-state index is 0.0351. The van der Waals surface area contributed by atoms with Crippen LogP contribution in [0.3, 0.4) is 0 Å². The van der Waals surface area contributed by atoms with E-state index in [-0.39, 0.29) is 24.0 Å². The highest BCUT2D eigenvalue weighted by Crippen LogP contribution is 2.38. The number of methoxy groups -OCH3 is 1. The van der Waals surface area contributed by atoms with Gasteiger partial charge in [0.05, 0.1) is 43.4 Å². The fourth-order valence-corrected chi connectivity index (χ4v) is 5.56. The molecule has 36 heavy (non-hydrogen) atoms. The summed E-state index contributed by atoms with van der Waals surface area (Å²) in [6, 6.07) is 9.37. The number of thioether (sulfide) groups is 1. The maximum Gasteiger partial charge on any atom is 0.414 e. The zero-order valence-electron chi connectivity index (χ0n) is 19.7. The maximum absolute atomic E-state index is 12.5. The van der Waals surface area contributed by atoms with Gasteiger partial charge in [0.1, 0.15) is 17.4 Å². The molecule has 3 aromatic rings. The van der Waals surface area contributed by atoms with Crippen LogP contribution in [0, 0.1) is 0 Å². The van der Waals surface area contributed by atoms with E-state index in [0.717, 1.165) is 38.6 Å². The zero-order chi connectivity index (χ0) is 24.6. The standard InChI is InChI=1S/C25H25N5O5S/c1-33-22-5-3-17-24(29-22)23-14(12-34-19(23)10-27-17)9-26-7-6-16-11-30(25(32)35-16)15-2-4-20-18(8-15)28-21(31)13-36-20/h2-5,8,10,14,16,26H,6-7,9,11-13H2,1H3,(H,28,31)/t14-,16+/m0/s1. The molecule has 2 amide bonds. The summed E-state index contributed by atoms with van der Waals surface area (Å²) in [5.74, 6) is 1.81. The molecule has 186 valence electrons. The SMILES string of the molecule is COc1ccc2ncc3c(c2n1)[C@@H](CNCC[C@@H]1CN(c2ccc4c(c2)NC(=O)CS4)C(=O)O1)CO3. The number of nitrogens with one attached hydrogen (secondary N) is 2. The molecule has 2 aromatic heterocycles. The molecule has 1 saturated heterocycles. The second-order valence-corrected chi connectivity index (χ2v) is 9.91. The molecule has 0 saturated carbocycles. The average Bonchev–Trinajstić information content (AvgIpc) is 3.49. The van der Waals surface area contributed by atoms with Gasteiger partial charge in [-0.2, -0.15) is 0 Å². The number of benzene rings is 1. The van der Waals surface area contributed by atoms with Gasteiger partial charge in [-0.25, -0.2) is 9.78 Å². The number of pyridine rings is 2. The lowest BCUT2D eigenvalue weighted by Crippen LogP contribution is -2.28. The summed E-state index contributed by atoms with van der Waals surface area (Å²) in [4.78, 5) is 35.9. The fraction of sp³-hybridized carbons (Fsp3) is 0.360. The van der Waals surface area contributed by atoms with Crippen molar-refractivity contribution in [2.24, 2.45) is 0 Å². The number of aromatic nitrogens is 2. The molecule has 3 aliphatic heterocycles. The molecule has 0 spiro atoms. The molecule has 1 aromatic carbocycles. The third-order valence-electron chi connectivity index (χ3n) is 6.56. The third-order valence-corrected chi connectivity index (χ3v) is 7.64. The molecule has 2 atom stereocenters. The number of cyclic esters (lactones) is 1. The Morgan fingerprint density at radius 1 is 1.28 bits per heavy atom.